The van der Waals surface area contributed by atoms with Gasteiger partial charge in [-0.05, 0) is 49.0 Å². The van der Waals surface area contributed by atoms with Crippen molar-refractivity contribution in [3.63, 3.8) is 0 Å². The molecule has 1 aromatic heterocycles. The largest absolute Gasteiger partial charge is 0.445 e. The molecule has 0 N–H and O–H groups in total. The zero-order valence-electron chi connectivity index (χ0n) is 17.4. The van der Waals surface area contributed by atoms with Gasteiger partial charge in [-0.15, -0.1) is 0 Å². The van der Waals surface area contributed by atoms with Crippen molar-refractivity contribution in [3.05, 3.63) is 53.3 Å². The van der Waals surface area contributed by atoms with E-state index in [1.807, 2.05) is 35.0 Å². The maximum atomic E-state index is 12.8. The maximum Gasteiger partial charge on any atom is 0.410 e. The quantitative estimate of drug-likeness (QED) is 0.761. The summed E-state index contributed by atoms with van der Waals surface area (Å²) in [7, 11) is 0. The van der Waals surface area contributed by atoms with Gasteiger partial charge in [-0.3, -0.25) is 9.48 Å². The van der Waals surface area contributed by atoms with Gasteiger partial charge in [-0.1, -0.05) is 36.8 Å². The molecule has 1 aliphatic heterocycles. The summed E-state index contributed by atoms with van der Waals surface area (Å²) < 4.78 is 7.49. The summed E-state index contributed by atoms with van der Waals surface area (Å²) in [6, 6.07) is 9.74. The van der Waals surface area contributed by atoms with Crippen LogP contribution in [-0.4, -0.2) is 39.6 Å². The lowest BCUT2D eigenvalue weighted by Crippen LogP contribution is -2.46. The van der Waals surface area contributed by atoms with Crippen LogP contribution in [0.4, 0.5) is 4.79 Å². The molecule has 0 atom stereocenters. The Kier molecular flexibility index (Phi) is 5.09. The third kappa shape index (κ3) is 3.87. The molecule has 1 saturated heterocycles. The van der Waals surface area contributed by atoms with E-state index in [1.165, 1.54) is 19.3 Å². The topological polar surface area (TPSA) is 64.4 Å². The van der Waals surface area contributed by atoms with Crippen molar-refractivity contribution in [1.29, 1.82) is 0 Å². The van der Waals surface area contributed by atoms with E-state index in [9.17, 15) is 9.59 Å². The summed E-state index contributed by atoms with van der Waals surface area (Å²) in [4.78, 5) is 27.1. The molecule has 1 amide bonds. The van der Waals surface area contributed by atoms with Crippen LogP contribution in [0, 0.1) is 11.3 Å². The van der Waals surface area contributed by atoms with E-state index in [0.29, 0.717) is 31.8 Å². The van der Waals surface area contributed by atoms with Crippen LogP contribution in [0.5, 0.6) is 0 Å². The van der Waals surface area contributed by atoms with E-state index in [1.54, 1.807) is 4.90 Å². The normalized spacial score (nSPS) is 20.7. The number of piperidine rings is 1. The van der Waals surface area contributed by atoms with E-state index in [0.717, 1.165) is 42.9 Å². The minimum Gasteiger partial charge on any atom is -0.445 e. The SMILES string of the molecule is O=C1CC2(CCN(C(=O)OCc3ccccc3)CC2)Cc2cn(CC3CCC3)nc21. The Labute approximate surface area is 177 Å². The fourth-order valence-corrected chi connectivity index (χ4v) is 5.08. The van der Waals surface area contributed by atoms with E-state index >= 15 is 0 Å². The molecule has 30 heavy (non-hydrogen) atoms. The predicted molar refractivity (Wildman–Crippen MR) is 112 cm³/mol. The molecule has 5 rings (SSSR count). The highest BCUT2D eigenvalue weighted by atomic mass is 16.6. The standard InChI is InChI=1S/C24H29N3O3/c28-21-14-24(13-20-16-27(25-22(20)21)15-18-7-4-8-18)9-11-26(12-10-24)23(29)30-17-19-5-2-1-3-6-19/h1-3,5-6,16,18H,4,7-15,17H2. The van der Waals surface area contributed by atoms with Gasteiger partial charge < -0.3 is 9.64 Å². The van der Waals surface area contributed by atoms with E-state index in [2.05, 4.69) is 11.3 Å². The van der Waals surface area contributed by atoms with Crippen molar-refractivity contribution < 1.29 is 14.3 Å². The van der Waals surface area contributed by atoms with Crippen LogP contribution in [0.2, 0.25) is 0 Å². The number of nitrogens with zero attached hydrogens (tertiary/aromatic N) is 3. The Hall–Kier alpha value is -2.63. The smallest absolute Gasteiger partial charge is 0.410 e. The van der Waals surface area contributed by atoms with Crippen molar-refractivity contribution in [1.82, 2.24) is 14.7 Å². The van der Waals surface area contributed by atoms with Crippen LogP contribution in [0.25, 0.3) is 0 Å². The van der Waals surface area contributed by atoms with Gasteiger partial charge in [0.25, 0.3) is 0 Å². The number of hydrogen-bond donors (Lipinski definition) is 0. The summed E-state index contributed by atoms with van der Waals surface area (Å²) in [5.74, 6) is 0.893. The van der Waals surface area contributed by atoms with Crippen LogP contribution in [0.1, 0.15) is 60.1 Å². The number of ketones is 1. The van der Waals surface area contributed by atoms with E-state index < -0.39 is 0 Å². The Morgan fingerprint density at radius 2 is 1.90 bits per heavy atom. The summed E-state index contributed by atoms with van der Waals surface area (Å²) in [6.45, 7) is 2.52. The van der Waals surface area contributed by atoms with Crippen molar-refractivity contribution in [2.24, 2.45) is 11.3 Å². The highest BCUT2D eigenvalue weighted by Gasteiger charge is 2.43. The van der Waals surface area contributed by atoms with Crippen LogP contribution >= 0.6 is 0 Å². The number of aromatic nitrogens is 2. The molecular weight excluding hydrogens is 378 g/mol. The number of fused-ring (bicyclic) bond motifs is 1. The average Bonchev–Trinajstić information content (AvgIpc) is 3.13. The molecule has 0 bridgehead atoms. The van der Waals surface area contributed by atoms with Crippen molar-refractivity contribution in [2.45, 2.75) is 58.1 Å². The van der Waals surface area contributed by atoms with Gasteiger partial charge in [-0.2, -0.15) is 5.10 Å². The molecule has 2 heterocycles. The van der Waals surface area contributed by atoms with Crippen molar-refractivity contribution in [3.8, 4) is 0 Å². The molecule has 0 radical (unpaired) electrons. The van der Waals surface area contributed by atoms with Gasteiger partial charge in [0.2, 0.25) is 0 Å². The second-order valence-corrected chi connectivity index (χ2v) is 9.33. The first kappa shape index (κ1) is 19.3. The first-order valence-electron chi connectivity index (χ1n) is 11.2. The third-order valence-electron chi connectivity index (χ3n) is 7.16. The van der Waals surface area contributed by atoms with Crippen LogP contribution in [0.3, 0.4) is 0 Å². The number of benzene rings is 1. The number of hydrogen-bond acceptors (Lipinski definition) is 4. The Morgan fingerprint density at radius 3 is 2.60 bits per heavy atom. The summed E-state index contributed by atoms with van der Waals surface area (Å²) in [5.41, 5.74) is 2.74. The third-order valence-corrected chi connectivity index (χ3v) is 7.16. The minimum absolute atomic E-state index is 0.0371. The van der Waals surface area contributed by atoms with Crippen molar-refractivity contribution in [2.75, 3.05) is 13.1 Å². The molecule has 2 aromatic rings. The van der Waals surface area contributed by atoms with Crippen molar-refractivity contribution >= 4 is 11.9 Å². The lowest BCUT2D eigenvalue weighted by Gasteiger charge is -2.42. The average molecular weight is 408 g/mol. The monoisotopic (exact) mass is 407 g/mol. The van der Waals surface area contributed by atoms with Gasteiger partial charge >= 0.3 is 6.09 Å². The molecule has 2 fully saturated rings. The van der Waals surface area contributed by atoms with Crippen LogP contribution in [-0.2, 0) is 24.3 Å². The second kappa shape index (κ2) is 7.89. The molecule has 3 aliphatic rings. The fraction of sp³-hybridized carbons (Fsp3) is 0.542. The number of likely N-dealkylation sites (tertiary alicyclic amines) is 1. The second-order valence-electron chi connectivity index (χ2n) is 9.33. The van der Waals surface area contributed by atoms with Gasteiger partial charge in [-0.25, -0.2) is 4.79 Å². The lowest BCUT2D eigenvalue weighted by atomic mass is 9.67. The van der Waals surface area contributed by atoms with E-state index in [-0.39, 0.29) is 17.3 Å². The molecule has 1 spiro atoms. The molecule has 1 saturated carbocycles. The molecular formula is C24H29N3O3. The minimum atomic E-state index is -0.259. The molecule has 1 aromatic carbocycles. The zero-order valence-corrected chi connectivity index (χ0v) is 17.4. The Morgan fingerprint density at radius 1 is 1.13 bits per heavy atom. The number of rotatable bonds is 4. The molecule has 6 heteroatoms. The molecule has 2 aliphatic carbocycles. The Balaban J connectivity index is 1.18. The predicted octanol–water partition coefficient (Wildman–Crippen LogP) is 4.23. The van der Waals surface area contributed by atoms with E-state index in [4.69, 9.17) is 4.74 Å². The molecule has 158 valence electrons. The fourth-order valence-electron chi connectivity index (χ4n) is 5.08. The highest BCUT2D eigenvalue weighted by molar-refractivity contribution is 5.97. The number of Topliss-reactive ketones (excluding diaryl/α,β-unsaturated/α-hetero) is 1. The van der Waals surface area contributed by atoms with Crippen LogP contribution < -0.4 is 0 Å². The van der Waals surface area contributed by atoms with Crippen LogP contribution in [0.15, 0.2) is 36.5 Å². The van der Waals surface area contributed by atoms with Gasteiger partial charge in [0, 0.05) is 37.8 Å². The van der Waals surface area contributed by atoms with Gasteiger partial charge in [0.1, 0.15) is 12.3 Å². The number of amides is 1. The number of carbonyl (C=O) groups is 2. The number of carbonyl (C=O) groups excluding carboxylic acids is 2. The molecule has 6 nitrogen and oxygen atoms in total. The first-order valence-corrected chi connectivity index (χ1v) is 11.2. The maximum absolute atomic E-state index is 12.8. The lowest BCUT2D eigenvalue weighted by molar-refractivity contribution is 0.0520. The highest BCUT2D eigenvalue weighted by Crippen LogP contribution is 2.43. The summed E-state index contributed by atoms with van der Waals surface area (Å²) in [6.07, 6.45) is 8.84. The van der Waals surface area contributed by atoms with Gasteiger partial charge in [0.05, 0.1) is 0 Å². The first-order chi connectivity index (χ1) is 14.6. The van der Waals surface area contributed by atoms with Gasteiger partial charge in [0.15, 0.2) is 5.78 Å². The number of ether oxygens (including phenoxy) is 1. The summed E-state index contributed by atoms with van der Waals surface area (Å²) in [5, 5.41) is 4.61. The molecule has 0 unspecified atom stereocenters. The Bertz CT molecular complexity index is 924. The zero-order chi connectivity index (χ0) is 20.6. The summed E-state index contributed by atoms with van der Waals surface area (Å²) >= 11 is 0.